The van der Waals surface area contributed by atoms with Gasteiger partial charge in [0.1, 0.15) is 0 Å². The molecule has 5 nitrogen and oxygen atoms in total. The first-order chi connectivity index (χ1) is 14.1. The number of para-hydroxylation sites is 1. The standard InChI is InChI=1S/C24H26N2O3/c1-28-21-10-9-19(14-22(21)29-2)24(11-5-6-12-24)16-26-23(27)18-13-17-7-3-4-8-20(17)25-15-18/h3-4,7-10,13-15H,5-6,11-12,16H2,1-2H3,(H,26,27). The number of benzene rings is 2. The molecule has 1 aliphatic rings. The van der Waals surface area contributed by atoms with Gasteiger partial charge in [-0.05, 0) is 42.7 Å². The minimum Gasteiger partial charge on any atom is -0.493 e. The Hall–Kier alpha value is -3.08. The van der Waals surface area contributed by atoms with E-state index in [0.29, 0.717) is 12.1 Å². The van der Waals surface area contributed by atoms with Crippen molar-refractivity contribution >= 4 is 16.8 Å². The van der Waals surface area contributed by atoms with Crippen molar-refractivity contribution < 1.29 is 14.3 Å². The van der Waals surface area contributed by atoms with Crippen LogP contribution in [0.2, 0.25) is 0 Å². The number of methoxy groups -OCH3 is 2. The second kappa shape index (κ2) is 8.11. The SMILES string of the molecule is COc1ccc(C2(CNC(=O)c3cnc4ccccc4c3)CCCC2)cc1OC. The van der Waals surface area contributed by atoms with E-state index in [0.717, 1.165) is 48.1 Å². The minimum atomic E-state index is -0.0880. The minimum absolute atomic E-state index is 0.0838. The topological polar surface area (TPSA) is 60.5 Å². The molecule has 1 aliphatic carbocycles. The molecule has 1 amide bonds. The maximum absolute atomic E-state index is 12.8. The van der Waals surface area contributed by atoms with Gasteiger partial charge >= 0.3 is 0 Å². The van der Waals surface area contributed by atoms with Crippen molar-refractivity contribution in [3.05, 3.63) is 65.9 Å². The first kappa shape index (κ1) is 19.2. The van der Waals surface area contributed by atoms with Crippen LogP contribution in [0.4, 0.5) is 0 Å². The third-order valence-electron chi connectivity index (χ3n) is 6.00. The van der Waals surface area contributed by atoms with Crippen molar-refractivity contribution in [1.82, 2.24) is 10.3 Å². The van der Waals surface area contributed by atoms with Gasteiger partial charge in [0.15, 0.2) is 11.5 Å². The molecule has 3 aromatic rings. The highest BCUT2D eigenvalue weighted by Gasteiger charge is 2.36. The summed E-state index contributed by atoms with van der Waals surface area (Å²) < 4.78 is 10.9. The fourth-order valence-electron chi connectivity index (χ4n) is 4.33. The molecule has 0 bridgehead atoms. The number of hydrogen-bond donors (Lipinski definition) is 1. The normalized spacial score (nSPS) is 15.2. The summed E-state index contributed by atoms with van der Waals surface area (Å²) in [5.74, 6) is 1.35. The molecule has 0 unspecified atom stereocenters. The van der Waals surface area contributed by atoms with Crippen LogP contribution in [-0.4, -0.2) is 31.7 Å². The van der Waals surface area contributed by atoms with Gasteiger partial charge in [0.2, 0.25) is 0 Å². The number of pyridine rings is 1. The van der Waals surface area contributed by atoms with Gasteiger partial charge in [0.25, 0.3) is 5.91 Å². The first-order valence-electron chi connectivity index (χ1n) is 10.0. The van der Waals surface area contributed by atoms with Crippen molar-refractivity contribution in [1.29, 1.82) is 0 Å². The summed E-state index contributed by atoms with van der Waals surface area (Å²) in [6.07, 6.45) is 6.04. The fraction of sp³-hybridized carbons (Fsp3) is 0.333. The number of ether oxygens (including phenoxy) is 2. The van der Waals surface area contributed by atoms with Crippen LogP contribution >= 0.6 is 0 Å². The van der Waals surface area contributed by atoms with Crippen molar-refractivity contribution in [2.75, 3.05) is 20.8 Å². The van der Waals surface area contributed by atoms with Gasteiger partial charge in [0.05, 0.1) is 25.3 Å². The monoisotopic (exact) mass is 390 g/mol. The molecule has 1 aromatic heterocycles. The molecule has 0 saturated heterocycles. The van der Waals surface area contributed by atoms with Crippen LogP contribution in [0.3, 0.4) is 0 Å². The smallest absolute Gasteiger partial charge is 0.252 e. The molecule has 5 heteroatoms. The molecule has 0 aliphatic heterocycles. The molecule has 1 fully saturated rings. The molecule has 1 heterocycles. The summed E-state index contributed by atoms with van der Waals surface area (Å²) in [4.78, 5) is 17.3. The summed E-state index contributed by atoms with van der Waals surface area (Å²) in [7, 11) is 3.29. The number of amides is 1. The van der Waals surface area contributed by atoms with Crippen LogP contribution in [0, 0.1) is 0 Å². The van der Waals surface area contributed by atoms with Gasteiger partial charge in [-0.2, -0.15) is 0 Å². The van der Waals surface area contributed by atoms with Gasteiger partial charge in [-0.1, -0.05) is 37.1 Å². The number of fused-ring (bicyclic) bond motifs is 1. The van der Waals surface area contributed by atoms with E-state index in [-0.39, 0.29) is 11.3 Å². The van der Waals surface area contributed by atoms with Gasteiger partial charge in [-0.25, -0.2) is 0 Å². The lowest BCUT2D eigenvalue weighted by Gasteiger charge is -2.30. The molecule has 0 atom stereocenters. The van der Waals surface area contributed by atoms with Crippen molar-refractivity contribution in [2.24, 2.45) is 0 Å². The molecule has 150 valence electrons. The summed E-state index contributed by atoms with van der Waals surface area (Å²) in [5.41, 5.74) is 2.58. The Morgan fingerprint density at radius 3 is 2.55 bits per heavy atom. The second-order valence-electron chi connectivity index (χ2n) is 7.66. The highest BCUT2D eigenvalue weighted by Crippen LogP contribution is 2.43. The van der Waals surface area contributed by atoms with E-state index in [1.807, 2.05) is 42.5 Å². The van der Waals surface area contributed by atoms with Crippen molar-refractivity contribution in [2.45, 2.75) is 31.1 Å². The maximum atomic E-state index is 12.8. The second-order valence-corrected chi connectivity index (χ2v) is 7.66. The van der Waals surface area contributed by atoms with Crippen LogP contribution in [-0.2, 0) is 5.41 Å². The van der Waals surface area contributed by atoms with Crippen LogP contribution in [0.1, 0.15) is 41.6 Å². The lowest BCUT2D eigenvalue weighted by molar-refractivity contribution is 0.0943. The molecule has 2 aromatic carbocycles. The zero-order valence-corrected chi connectivity index (χ0v) is 16.9. The highest BCUT2D eigenvalue weighted by molar-refractivity contribution is 5.97. The lowest BCUT2D eigenvalue weighted by atomic mass is 9.78. The van der Waals surface area contributed by atoms with Gasteiger partial charge in [-0.3, -0.25) is 9.78 Å². The number of nitrogens with one attached hydrogen (secondary N) is 1. The molecule has 1 saturated carbocycles. The van der Waals surface area contributed by atoms with E-state index in [4.69, 9.17) is 9.47 Å². The van der Waals surface area contributed by atoms with E-state index >= 15 is 0 Å². The van der Waals surface area contributed by atoms with Crippen LogP contribution in [0.25, 0.3) is 10.9 Å². The molecule has 1 N–H and O–H groups in total. The lowest BCUT2D eigenvalue weighted by Crippen LogP contribution is -2.39. The van der Waals surface area contributed by atoms with E-state index in [1.165, 1.54) is 5.56 Å². The first-order valence-corrected chi connectivity index (χ1v) is 10.0. The number of carbonyl (C=O) groups is 1. The Morgan fingerprint density at radius 1 is 1.03 bits per heavy atom. The summed E-state index contributed by atoms with van der Waals surface area (Å²) in [5, 5.41) is 4.13. The van der Waals surface area contributed by atoms with Crippen LogP contribution in [0.5, 0.6) is 11.5 Å². The van der Waals surface area contributed by atoms with Crippen molar-refractivity contribution in [3.63, 3.8) is 0 Å². The zero-order chi connectivity index (χ0) is 20.3. The number of rotatable bonds is 6. The molecule has 4 rings (SSSR count). The van der Waals surface area contributed by atoms with Crippen molar-refractivity contribution in [3.8, 4) is 11.5 Å². The van der Waals surface area contributed by atoms with Crippen LogP contribution < -0.4 is 14.8 Å². The summed E-state index contributed by atoms with van der Waals surface area (Å²) >= 11 is 0. The fourth-order valence-corrected chi connectivity index (χ4v) is 4.33. The van der Waals surface area contributed by atoms with E-state index in [2.05, 4.69) is 16.4 Å². The molecular formula is C24H26N2O3. The third-order valence-corrected chi connectivity index (χ3v) is 6.00. The Balaban J connectivity index is 1.56. The molecular weight excluding hydrogens is 364 g/mol. The van der Waals surface area contributed by atoms with E-state index in [9.17, 15) is 4.79 Å². The number of carbonyl (C=O) groups excluding carboxylic acids is 1. The average Bonchev–Trinajstić information content (AvgIpc) is 3.26. The van der Waals surface area contributed by atoms with E-state index < -0.39 is 0 Å². The van der Waals surface area contributed by atoms with Gasteiger partial charge in [-0.15, -0.1) is 0 Å². The number of hydrogen-bond acceptors (Lipinski definition) is 4. The Morgan fingerprint density at radius 2 is 1.79 bits per heavy atom. The average molecular weight is 390 g/mol. The quantitative estimate of drug-likeness (QED) is 0.673. The Kier molecular flexibility index (Phi) is 5.38. The zero-order valence-electron chi connectivity index (χ0n) is 16.9. The Labute approximate surface area is 171 Å². The number of nitrogens with zero attached hydrogens (tertiary/aromatic N) is 1. The largest absolute Gasteiger partial charge is 0.493 e. The molecule has 0 radical (unpaired) electrons. The summed E-state index contributed by atoms with van der Waals surface area (Å²) in [6.45, 7) is 0.591. The predicted octanol–water partition coefficient (Wildman–Crippen LogP) is 4.49. The van der Waals surface area contributed by atoms with Crippen LogP contribution in [0.15, 0.2) is 54.7 Å². The highest BCUT2D eigenvalue weighted by atomic mass is 16.5. The predicted molar refractivity (Wildman–Crippen MR) is 114 cm³/mol. The van der Waals surface area contributed by atoms with Gasteiger partial charge in [0, 0.05) is 23.5 Å². The Bertz CT molecular complexity index is 1030. The number of aromatic nitrogens is 1. The third kappa shape index (κ3) is 3.77. The van der Waals surface area contributed by atoms with Gasteiger partial charge < -0.3 is 14.8 Å². The molecule has 0 spiro atoms. The molecule has 29 heavy (non-hydrogen) atoms. The summed E-state index contributed by atoms with van der Waals surface area (Å²) in [6, 6.07) is 15.8. The maximum Gasteiger partial charge on any atom is 0.252 e. The van der Waals surface area contributed by atoms with E-state index in [1.54, 1.807) is 20.4 Å².